The average molecular weight is 290 g/mol. The molecule has 0 spiro atoms. The van der Waals surface area contributed by atoms with E-state index >= 15 is 0 Å². The van der Waals surface area contributed by atoms with E-state index in [4.69, 9.17) is 5.73 Å². The zero-order valence-electron chi connectivity index (χ0n) is 11.6. The summed E-state index contributed by atoms with van der Waals surface area (Å²) in [6, 6.07) is 6.76. The highest BCUT2D eigenvalue weighted by Gasteiger charge is 2.35. The van der Waals surface area contributed by atoms with E-state index in [0.29, 0.717) is 17.2 Å². The number of aromatic nitrogens is 1. The van der Waals surface area contributed by atoms with Crippen molar-refractivity contribution in [3.8, 4) is 11.3 Å². The highest BCUT2D eigenvalue weighted by atomic mass is 32.1. The van der Waals surface area contributed by atoms with Gasteiger partial charge in [0.15, 0.2) is 0 Å². The van der Waals surface area contributed by atoms with Gasteiger partial charge in [0.25, 0.3) is 0 Å². The third-order valence-electron chi connectivity index (χ3n) is 4.11. The fourth-order valence-electron chi connectivity index (χ4n) is 3.08. The van der Waals surface area contributed by atoms with Gasteiger partial charge in [-0.3, -0.25) is 0 Å². The SMILES string of the molecule is CC1CCCC(N)(c2nc(-c3ccccc3F)cs2)C1. The number of rotatable bonds is 2. The number of halogens is 1. The van der Waals surface area contributed by atoms with Crippen molar-refractivity contribution >= 4 is 11.3 Å². The van der Waals surface area contributed by atoms with Gasteiger partial charge in [-0.25, -0.2) is 9.37 Å². The Morgan fingerprint density at radius 1 is 1.40 bits per heavy atom. The van der Waals surface area contributed by atoms with Crippen LogP contribution >= 0.6 is 11.3 Å². The molecule has 2 unspecified atom stereocenters. The summed E-state index contributed by atoms with van der Waals surface area (Å²) in [5.74, 6) is 0.405. The second-order valence-electron chi connectivity index (χ2n) is 5.88. The molecule has 1 aromatic heterocycles. The summed E-state index contributed by atoms with van der Waals surface area (Å²) in [4.78, 5) is 4.62. The van der Waals surface area contributed by atoms with E-state index < -0.39 is 0 Å². The molecule has 1 saturated carbocycles. The van der Waals surface area contributed by atoms with Crippen LogP contribution in [0.5, 0.6) is 0 Å². The number of benzene rings is 1. The zero-order chi connectivity index (χ0) is 14.2. The van der Waals surface area contributed by atoms with Gasteiger partial charge >= 0.3 is 0 Å². The molecule has 1 fully saturated rings. The molecule has 2 nitrogen and oxygen atoms in total. The Hall–Kier alpha value is -1.26. The summed E-state index contributed by atoms with van der Waals surface area (Å²) in [7, 11) is 0. The van der Waals surface area contributed by atoms with E-state index in [0.717, 1.165) is 24.3 Å². The maximum absolute atomic E-state index is 13.8. The predicted octanol–water partition coefficient (Wildman–Crippen LogP) is 4.31. The largest absolute Gasteiger partial charge is 0.319 e. The van der Waals surface area contributed by atoms with Gasteiger partial charge in [-0.15, -0.1) is 11.3 Å². The summed E-state index contributed by atoms with van der Waals surface area (Å²) >= 11 is 1.56. The van der Waals surface area contributed by atoms with Crippen LogP contribution in [-0.4, -0.2) is 4.98 Å². The molecule has 3 rings (SSSR count). The summed E-state index contributed by atoms with van der Waals surface area (Å²) in [5, 5.41) is 2.86. The number of nitrogens with zero attached hydrogens (tertiary/aromatic N) is 1. The third-order valence-corrected chi connectivity index (χ3v) is 5.17. The molecule has 2 aromatic rings. The molecule has 1 heterocycles. The number of nitrogens with two attached hydrogens (primary N) is 1. The van der Waals surface area contributed by atoms with E-state index in [1.807, 2.05) is 11.4 Å². The van der Waals surface area contributed by atoms with Crippen LogP contribution in [-0.2, 0) is 5.54 Å². The number of hydrogen-bond donors (Lipinski definition) is 1. The molecule has 0 saturated heterocycles. The minimum Gasteiger partial charge on any atom is -0.319 e. The lowest BCUT2D eigenvalue weighted by atomic mass is 9.77. The first-order valence-electron chi connectivity index (χ1n) is 7.08. The zero-order valence-corrected chi connectivity index (χ0v) is 12.4. The summed E-state index contributed by atoms with van der Waals surface area (Å²) in [5.41, 5.74) is 7.48. The van der Waals surface area contributed by atoms with Crippen molar-refractivity contribution in [3.05, 3.63) is 40.5 Å². The summed E-state index contributed by atoms with van der Waals surface area (Å²) < 4.78 is 13.8. The van der Waals surface area contributed by atoms with Crippen LogP contribution < -0.4 is 5.73 Å². The van der Waals surface area contributed by atoms with Crippen molar-refractivity contribution in [2.75, 3.05) is 0 Å². The van der Waals surface area contributed by atoms with Gasteiger partial charge in [0, 0.05) is 10.9 Å². The van der Waals surface area contributed by atoms with Crippen LogP contribution in [0, 0.1) is 11.7 Å². The summed E-state index contributed by atoms with van der Waals surface area (Å²) in [6.07, 6.45) is 4.33. The first kappa shape index (κ1) is 13.7. The first-order valence-corrected chi connectivity index (χ1v) is 7.96. The minimum atomic E-state index is -0.328. The molecule has 0 radical (unpaired) electrons. The van der Waals surface area contributed by atoms with E-state index in [9.17, 15) is 4.39 Å². The van der Waals surface area contributed by atoms with Gasteiger partial charge in [0.05, 0.1) is 11.2 Å². The monoisotopic (exact) mass is 290 g/mol. The fourth-order valence-corrected chi connectivity index (χ4v) is 4.06. The van der Waals surface area contributed by atoms with Gasteiger partial charge in [0.1, 0.15) is 10.8 Å². The molecule has 2 N–H and O–H groups in total. The molecule has 1 aromatic carbocycles. The third kappa shape index (κ3) is 2.50. The Balaban J connectivity index is 1.92. The molecule has 2 atom stereocenters. The Labute approximate surface area is 122 Å². The molecule has 0 bridgehead atoms. The maximum atomic E-state index is 13.8. The Bertz CT molecular complexity index is 610. The van der Waals surface area contributed by atoms with Gasteiger partial charge in [-0.1, -0.05) is 31.9 Å². The lowest BCUT2D eigenvalue weighted by molar-refractivity contribution is 0.238. The molecule has 1 aliphatic carbocycles. The molecular weight excluding hydrogens is 271 g/mol. The van der Waals surface area contributed by atoms with Crippen molar-refractivity contribution < 1.29 is 4.39 Å². The van der Waals surface area contributed by atoms with Crippen molar-refractivity contribution in [1.29, 1.82) is 0 Å². The van der Waals surface area contributed by atoms with E-state index in [1.54, 1.807) is 23.5 Å². The van der Waals surface area contributed by atoms with E-state index in [-0.39, 0.29) is 11.4 Å². The molecule has 0 amide bonds. The second-order valence-corrected chi connectivity index (χ2v) is 6.73. The lowest BCUT2D eigenvalue weighted by Crippen LogP contribution is -2.40. The normalized spacial score (nSPS) is 26.6. The standard InChI is InChI=1S/C16H19FN2S/c1-11-5-4-8-16(18,9-11)15-19-14(10-20-15)12-6-2-3-7-13(12)17/h2-3,6-7,10-11H,4-5,8-9,18H2,1H3. The Morgan fingerprint density at radius 3 is 2.95 bits per heavy atom. The van der Waals surface area contributed by atoms with Gasteiger partial charge < -0.3 is 5.73 Å². The highest BCUT2D eigenvalue weighted by Crippen LogP contribution is 2.40. The van der Waals surface area contributed by atoms with Gasteiger partial charge in [-0.05, 0) is 30.9 Å². The Morgan fingerprint density at radius 2 is 2.20 bits per heavy atom. The second kappa shape index (κ2) is 5.26. The average Bonchev–Trinajstić information content (AvgIpc) is 2.89. The van der Waals surface area contributed by atoms with E-state index in [2.05, 4.69) is 11.9 Å². The molecule has 1 aliphatic rings. The molecule has 106 valence electrons. The van der Waals surface area contributed by atoms with Gasteiger partial charge in [0.2, 0.25) is 0 Å². The lowest BCUT2D eigenvalue weighted by Gasteiger charge is -2.35. The van der Waals surface area contributed by atoms with Crippen molar-refractivity contribution in [3.63, 3.8) is 0 Å². The molecule has 0 aliphatic heterocycles. The van der Waals surface area contributed by atoms with Crippen LogP contribution in [0.4, 0.5) is 4.39 Å². The highest BCUT2D eigenvalue weighted by molar-refractivity contribution is 7.10. The van der Waals surface area contributed by atoms with Crippen LogP contribution in [0.15, 0.2) is 29.6 Å². The minimum absolute atomic E-state index is 0.229. The van der Waals surface area contributed by atoms with E-state index in [1.165, 1.54) is 12.5 Å². The predicted molar refractivity (Wildman–Crippen MR) is 81.0 cm³/mol. The van der Waals surface area contributed by atoms with Crippen molar-refractivity contribution in [2.24, 2.45) is 11.7 Å². The van der Waals surface area contributed by atoms with Crippen LogP contribution in [0.3, 0.4) is 0 Å². The van der Waals surface area contributed by atoms with Crippen molar-refractivity contribution in [2.45, 2.75) is 38.1 Å². The smallest absolute Gasteiger partial charge is 0.132 e. The number of thiazole rings is 1. The first-order chi connectivity index (χ1) is 9.58. The fraction of sp³-hybridized carbons (Fsp3) is 0.438. The molecular formula is C16H19FN2S. The summed E-state index contributed by atoms with van der Waals surface area (Å²) in [6.45, 7) is 2.24. The van der Waals surface area contributed by atoms with Crippen LogP contribution in [0.2, 0.25) is 0 Å². The quantitative estimate of drug-likeness (QED) is 0.895. The topological polar surface area (TPSA) is 38.9 Å². The van der Waals surface area contributed by atoms with Gasteiger partial charge in [-0.2, -0.15) is 0 Å². The van der Waals surface area contributed by atoms with Crippen LogP contribution in [0.25, 0.3) is 11.3 Å². The maximum Gasteiger partial charge on any atom is 0.132 e. The molecule has 4 heteroatoms. The van der Waals surface area contributed by atoms with Crippen LogP contribution in [0.1, 0.15) is 37.6 Å². The number of hydrogen-bond acceptors (Lipinski definition) is 3. The van der Waals surface area contributed by atoms with Crippen molar-refractivity contribution in [1.82, 2.24) is 4.98 Å². The molecule has 20 heavy (non-hydrogen) atoms. The Kier molecular flexibility index (Phi) is 3.61.